The Morgan fingerprint density at radius 1 is 1.47 bits per heavy atom. The third-order valence-electron chi connectivity index (χ3n) is 2.88. The molecule has 0 saturated heterocycles. The maximum absolute atomic E-state index is 11.9. The highest BCUT2D eigenvalue weighted by Crippen LogP contribution is 2.27. The zero-order valence-electron chi connectivity index (χ0n) is 9.24. The fourth-order valence-corrected chi connectivity index (χ4v) is 2.12. The molecule has 1 aliphatic rings. The zero-order valence-corrected chi connectivity index (χ0v) is 10.00. The van der Waals surface area contributed by atoms with E-state index in [1.165, 1.54) is 6.20 Å². The van der Waals surface area contributed by atoms with E-state index >= 15 is 0 Å². The van der Waals surface area contributed by atoms with Crippen molar-refractivity contribution in [1.29, 1.82) is 0 Å². The van der Waals surface area contributed by atoms with Crippen LogP contribution in [0.3, 0.4) is 0 Å². The number of halogens is 1. The van der Waals surface area contributed by atoms with Crippen molar-refractivity contribution in [2.45, 2.75) is 25.7 Å². The number of anilines is 2. The molecule has 0 aliphatic heterocycles. The lowest BCUT2D eigenvalue weighted by Gasteiger charge is -2.12. The van der Waals surface area contributed by atoms with Gasteiger partial charge in [-0.2, -0.15) is 4.98 Å². The highest BCUT2D eigenvalue weighted by molar-refractivity contribution is 6.28. The van der Waals surface area contributed by atoms with Crippen LogP contribution in [-0.4, -0.2) is 15.9 Å². The number of hydrogen-bond donors (Lipinski definition) is 3. The molecule has 4 N–H and O–H groups in total. The number of carbonyl (C=O) groups is 1. The smallest absolute Gasteiger partial charge is 0.227 e. The van der Waals surface area contributed by atoms with Gasteiger partial charge in [0.2, 0.25) is 11.2 Å². The van der Waals surface area contributed by atoms with Crippen LogP contribution in [0, 0.1) is 5.92 Å². The number of amides is 1. The second kappa shape index (κ2) is 5.29. The number of aromatic nitrogens is 2. The van der Waals surface area contributed by atoms with Crippen molar-refractivity contribution in [1.82, 2.24) is 9.97 Å². The summed E-state index contributed by atoms with van der Waals surface area (Å²) in [6.45, 7) is 0. The van der Waals surface area contributed by atoms with Crippen molar-refractivity contribution in [3.8, 4) is 0 Å². The molecule has 0 radical (unpaired) electrons. The molecule has 0 bridgehead atoms. The van der Waals surface area contributed by atoms with E-state index in [-0.39, 0.29) is 17.1 Å². The van der Waals surface area contributed by atoms with E-state index in [9.17, 15) is 4.79 Å². The SMILES string of the molecule is NNc1nc(Cl)ncc1NC(=O)C1CCCC1. The monoisotopic (exact) mass is 255 g/mol. The molecule has 0 aromatic carbocycles. The molecule has 92 valence electrons. The molecule has 0 spiro atoms. The Morgan fingerprint density at radius 2 is 2.18 bits per heavy atom. The van der Waals surface area contributed by atoms with Crippen molar-refractivity contribution in [3.05, 3.63) is 11.5 Å². The lowest BCUT2D eigenvalue weighted by Crippen LogP contribution is -2.22. The Labute approximate surface area is 104 Å². The van der Waals surface area contributed by atoms with Gasteiger partial charge in [-0.3, -0.25) is 4.79 Å². The Kier molecular flexibility index (Phi) is 3.75. The second-order valence-corrected chi connectivity index (χ2v) is 4.35. The van der Waals surface area contributed by atoms with E-state index in [4.69, 9.17) is 17.4 Å². The van der Waals surface area contributed by atoms with Gasteiger partial charge in [-0.15, -0.1) is 0 Å². The molecule has 17 heavy (non-hydrogen) atoms. The number of nitrogens with zero attached hydrogens (tertiary/aromatic N) is 2. The summed E-state index contributed by atoms with van der Waals surface area (Å²) in [5.41, 5.74) is 2.83. The number of rotatable bonds is 3. The number of nitrogens with two attached hydrogens (primary N) is 1. The van der Waals surface area contributed by atoms with Crippen LogP contribution in [0.25, 0.3) is 0 Å². The van der Waals surface area contributed by atoms with Crippen LogP contribution in [0.1, 0.15) is 25.7 Å². The first kappa shape index (κ1) is 12.1. The van der Waals surface area contributed by atoms with Gasteiger partial charge < -0.3 is 10.7 Å². The molecule has 7 heteroatoms. The van der Waals surface area contributed by atoms with Gasteiger partial charge >= 0.3 is 0 Å². The molecule has 1 aromatic rings. The summed E-state index contributed by atoms with van der Waals surface area (Å²) in [7, 11) is 0. The molecular weight excluding hydrogens is 242 g/mol. The standard InChI is InChI=1S/C10H14ClN5O/c11-10-13-5-7(8(15-10)16-12)14-9(17)6-3-1-2-4-6/h5-6H,1-4,12H2,(H,14,17)(H,13,15,16). The van der Waals surface area contributed by atoms with E-state index in [0.29, 0.717) is 11.5 Å². The molecular formula is C10H14ClN5O. The maximum atomic E-state index is 11.9. The third-order valence-corrected chi connectivity index (χ3v) is 3.06. The van der Waals surface area contributed by atoms with E-state index < -0.39 is 0 Å². The number of hydrazine groups is 1. The molecule has 1 heterocycles. The van der Waals surface area contributed by atoms with Crippen LogP contribution in [0.2, 0.25) is 5.28 Å². The van der Waals surface area contributed by atoms with Crippen molar-refractivity contribution >= 4 is 29.0 Å². The normalized spacial score (nSPS) is 15.9. The van der Waals surface area contributed by atoms with Crippen molar-refractivity contribution in [2.75, 3.05) is 10.7 Å². The van der Waals surface area contributed by atoms with Crippen LogP contribution < -0.4 is 16.6 Å². The summed E-state index contributed by atoms with van der Waals surface area (Å²) in [6.07, 6.45) is 5.53. The summed E-state index contributed by atoms with van der Waals surface area (Å²) in [6, 6.07) is 0. The summed E-state index contributed by atoms with van der Waals surface area (Å²) >= 11 is 5.63. The van der Waals surface area contributed by atoms with Gasteiger partial charge in [0.15, 0.2) is 5.82 Å². The van der Waals surface area contributed by atoms with Gasteiger partial charge in [-0.1, -0.05) is 12.8 Å². The van der Waals surface area contributed by atoms with Crippen molar-refractivity contribution < 1.29 is 4.79 Å². The lowest BCUT2D eigenvalue weighted by atomic mass is 10.1. The summed E-state index contributed by atoms with van der Waals surface area (Å²) in [4.78, 5) is 19.6. The molecule has 0 unspecified atom stereocenters. The second-order valence-electron chi connectivity index (χ2n) is 4.02. The first-order valence-corrected chi connectivity index (χ1v) is 5.88. The summed E-state index contributed by atoms with van der Waals surface area (Å²) in [5.74, 6) is 5.69. The van der Waals surface area contributed by atoms with E-state index in [0.717, 1.165) is 25.7 Å². The number of carbonyl (C=O) groups excluding carboxylic acids is 1. The first-order chi connectivity index (χ1) is 8.20. The van der Waals surface area contributed by atoms with Crippen LogP contribution in [0.5, 0.6) is 0 Å². The van der Waals surface area contributed by atoms with E-state index in [1.807, 2.05) is 0 Å². The molecule has 1 aliphatic carbocycles. The van der Waals surface area contributed by atoms with Gasteiger partial charge in [0.1, 0.15) is 5.69 Å². The topological polar surface area (TPSA) is 92.9 Å². The lowest BCUT2D eigenvalue weighted by molar-refractivity contribution is -0.119. The molecule has 1 fully saturated rings. The molecule has 0 atom stereocenters. The van der Waals surface area contributed by atoms with E-state index in [1.54, 1.807) is 0 Å². The fraction of sp³-hybridized carbons (Fsp3) is 0.500. The minimum absolute atomic E-state index is 0.00933. The molecule has 6 nitrogen and oxygen atoms in total. The van der Waals surface area contributed by atoms with Gasteiger partial charge in [-0.05, 0) is 24.4 Å². The average molecular weight is 256 g/mol. The Morgan fingerprint density at radius 3 is 2.82 bits per heavy atom. The molecule has 2 rings (SSSR count). The number of hydrogen-bond acceptors (Lipinski definition) is 5. The van der Waals surface area contributed by atoms with Gasteiger partial charge in [-0.25, -0.2) is 10.8 Å². The minimum Gasteiger partial charge on any atom is -0.321 e. The first-order valence-electron chi connectivity index (χ1n) is 5.50. The predicted molar refractivity (Wildman–Crippen MR) is 65.4 cm³/mol. The van der Waals surface area contributed by atoms with Gasteiger partial charge in [0.25, 0.3) is 0 Å². The average Bonchev–Trinajstić information content (AvgIpc) is 2.85. The minimum atomic E-state index is -0.00933. The fourth-order valence-electron chi connectivity index (χ4n) is 1.98. The molecule has 1 aromatic heterocycles. The van der Waals surface area contributed by atoms with Gasteiger partial charge in [0, 0.05) is 5.92 Å². The summed E-state index contributed by atoms with van der Waals surface area (Å²) in [5, 5.41) is 2.85. The van der Waals surface area contributed by atoms with Crippen molar-refractivity contribution in [2.24, 2.45) is 11.8 Å². The molecule has 1 saturated carbocycles. The Bertz CT molecular complexity index is 419. The highest BCUT2D eigenvalue weighted by Gasteiger charge is 2.23. The van der Waals surface area contributed by atoms with E-state index in [2.05, 4.69) is 20.7 Å². The quantitative estimate of drug-likeness (QED) is 0.433. The Hall–Kier alpha value is -1.40. The molecule has 1 amide bonds. The van der Waals surface area contributed by atoms with Gasteiger partial charge in [0.05, 0.1) is 6.20 Å². The van der Waals surface area contributed by atoms with Crippen LogP contribution in [-0.2, 0) is 4.79 Å². The number of nitrogens with one attached hydrogen (secondary N) is 2. The van der Waals surface area contributed by atoms with Crippen LogP contribution >= 0.6 is 11.6 Å². The highest BCUT2D eigenvalue weighted by atomic mass is 35.5. The number of nitrogen functional groups attached to an aromatic ring is 1. The third kappa shape index (κ3) is 2.83. The largest absolute Gasteiger partial charge is 0.321 e. The Balaban J connectivity index is 2.09. The van der Waals surface area contributed by atoms with Crippen molar-refractivity contribution in [3.63, 3.8) is 0 Å². The maximum Gasteiger partial charge on any atom is 0.227 e. The summed E-state index contributed by atoms with van der Waals surface area (Å²) < 4.78 is 0. The van der Waals surface area contributed by atoms with Crippen LogP contribution in [0.15, 0.2) is 6.20 Å². The van der Waals surface area contributed by atoms with Crippen LogP contribution in [0.4, 0.5) is 11.5 Å². The predicted octanol–water partition coefficient (Wildman–Crippen LogP) is 1.54. The zero-order chi connectivity index (χ0) is 12.3.